The molecule has 27 heavy (non-hydrogen) atoms. The topological polar surface area (TPSA) is 121 Å². The second-order valence-electron chi connectivity index (χ2n) is 7.16. The molecule has 9 nitrogen and oxygen atoms in total. The van der Waals surface area contributed by atoms with Gasteiger partial charge in [-0.25, -0.2) is 18.1 Å². The summed E-state index contributed by atoms with van der Waals surface area (Å²) < 4.78 is 22.9. The minimum Gasteiger partial charge on any atom is -0.351 e. The van der Waals surface area contributed by atoms with Gasteiger partial charge in [-0.2, -0.15) is 0 Å². The van der Waals surface area contributed by atoms with Gasteiger partial charge < -0.3 is 5.32 Å². The first-order valence-corrected chi connectivity index (χ1v) is 10.9. The normalized spacial score (nSPS) is 25.1. The van der Waals surface area contributed by atoms with Crippen molar-refractivity contribution in [3.63, 3.8) is 0 Å². The number of allylic oxidation sites excluding steroid dienone is 1. The van der Waals surface area contributed by atoms with Crippen LogP contribution in [0.15, 0.2) is 11.6 Å². The molecule has 0 radical (unpaired) electrons. The first-order valence-electron chi connectivity index (χ1n) is 9.12. The van der Waals surface area contributed by atoms with Gasteiger partial charge in [0.2, 0.25) is 5.91 Å². The highest BCUT2D eigenvalue weighted by Crippen LogP contribution is 2.22. The summed E-state index contributed by atoms with van der Waals surface area (Å²) in [6, 6.07) is -1.32. The first-order chi connectivity index (χ1) is 12.8. The van der Waals surface area contributed by atoms with Crippen LogP contribution in [0.5, 0.6) is 0 Å². The molecule has 10 heteroatoms. The van der Waals surface area contributed by atoms with Crippen LogP contribution in [0.2, 0.25) is 0 Å². The Hall–Kier alpha value is -2.23. The van der Waals surface area contributed by atoms with Crippen LogP contribution in [0.25, 0.3) is 0 Å². The predicted molar refractivity (Wildman–Crippen MR) is 95.2 cm³/mol. The predicted octanol–water partition coefficient (Wildman–Crippen LogP) is -0.0290. The van der Waals surface area contributed by atoms with E-state index in [0.29, 0.717) is 17.7 Å². The number of imide groups is 2. The van der Waals surface area contributed by atoms with E-state index in [4.69, 9.17) is 0 Å². The number of nitrogens with one attached hydrogen (secondary N) is 1. The Labute approximate surface area is 157 Å². The molecule has 2 aliphatic heterocycles. The Balaban J connectivity index is 1.55. The SMILES string of the molecule is O=C(CN1C(=O)C(=O)N(CCC2=CCCCC2)C1=O)N[C@@H]1CCS(=O)(=O)C1. The molecule has 3 aliphatic rings. The van der Waals surface area contributed by atoms with E-state index in [1.54, 1.807) is 0 Å². The fourth-order valence-corrected chi connectivity index (χ4v) is 5.27. The Morgan fingerprint density at radius 3 is 2.52 bits per heavy atom. The van der Waals surface area contributed by atoms with Gasteiger partial charge in [-0.3, -0.25) is 19.3 Å². The second-order valence-corrected chi connectivity index (χ2v) is 9.39. The van der Waals surface area contributed by atoms with Gasteiger partial charge in [0, 0.05) is 12.6 Å². The third-order valence-electron chi connectivity index (χ3n) is 5.08. The Morgan fingerprint density at radius 1 is 1.15 bits per heavy atom. The maximum atomic E-state index is 12.4. The lowest BCUT2D eigenvalue weighted by atomic mass is 9.97. The van der Waals surface area contributed by atoms with Gasteiger partial charge >= 0.3 is 17.8 Å². The number of hydrogen-bond donors (Lipinski definition) is 1. The van der Waals surface area contributed by atoms with Gasteiger partial charge in [-0.15, -0.1) is 0 Å². The number of nitrogens with zero attached hydrogens (tertiary/aromatic N) is 2. The molecular weight excluding hydrogens is 374 g/mol. The summed E-state index contributed by atoms with van der Waals surface area (Å²) >= 11 is 0. The van der Waals surface area contributed by atoms with E-state index in [-0.39, 0.29) is 18.1 Å². The molecule has 0 spiro atoms. The zero-order valence-corrected chi connectivity index (χ0v) is 15.8. The highest BCUT2D eigenvalue weighted by Gasteiger charge is 2.45. The van der Waals surface area contributed by atoms with Crippen LogP contribution in [-0.2, 0) is 24.2 Å². The second kappa shape index (κ2) is 7.79. The van der Waals surface area contributed by atoms with Crippen LogP contribution in [0.1, 0.15) is 38.5 Å². The zero-order valence-electron chi connectivity index (χ0n) is 15.0. The van der Waals surface area contributed by atoms with Crippen molar-refractivity contribution >= 4 is 33.6 Å². The smallest absolute Gasteiger partial charge is 0.334 e. The van der Waals surface area contributed by atoms with E-state index in [0.717, 1.165) is 30.6 Å². The van der Waals surface area contributed by atoms with Crippen molar-refractivity contribution in [2.45, 2.75) is 44.6 Å². The van der Waals surface area contributed by atoms with Gasteiger partial charge in [0.1, 0.15) is 6.54 Å². The summed E-state index contributed by atoms with van der Waals surface area (Å²) in [4.78, 5) is 50.1. The molecule has 2 saturated heterocycles. The van der Waals surface area contributed by atoms with E-state index in [9.17, 15) is 27.6 Å². The van der Waals surface area contributed by atoms with Crippen molar-refractivity contribution < 1.29 is 27.6 Å². The van der Waals surface area contributed by atoms with Gasteiger partial charge in [-0.05, 0) is 38.5 Å². The van der Waals surface area contributed by atoms with Crippen molar-refractivity contribution in [3.8, 4) is 0 Å². The molecule has 0 aromatic rings. The van der Waals surface area contributed by atoms with E-state index in [1.165, 1.54) is 5.57 Å². The zero-order chi connectivity index (χ0) is 19.6. The Kier molecular flexibility index (Phi) is 5.64. The molecule has 0 unspecified atom stereocenters. The number of amides is 5. The lowest BCUT2D eigenvalue weighted by molar-refractivity contribution is -0.144. The summed E-state index contributed by atoms with van der Waals surface area (Å²) in [5.74, 6) is -2.74. The number of hydrogen-bond acceptors (Lipinski definition) is 6. The van der Waals surface area contributed by atoms with Gasteiger partial charge in [-0.1, -0.05) is 11.6 Å². The van der Waals surface area contributed by atoms with E-state index >= 15 is 0 Å². The Bertz CT molecular complexity index is 803. The van der Waals surface area contributed by atoms with E-state index < -0.39 is 46.2 Å². The van der Waals surface area contributed by atoms with Crippen LogP contribution >= 0.6 is 0 Å². The van der Waals surface area contributed by atoms with Crippen LogP contribution in [-0.4, -0.2) is 72.6 Å². The van der Waals surface area contributed by atoms with Gasteiger partial charge in [0.25, 0.3) is 0 Å². The molecule has 2 heterocycles. The summed E-state index contributed by atoms with van der Waals surface area (Å²) in [7, 11) is -3.16. The van der Waals surface area contributed by atoms with Gasteiger partial charge in [0.15, 0.2) is 9.84 Å². The van der Waals surface area contributed by atoms with Crippen molar-refractivity contribution in [3.05, 3.63) is 11.6 Å². The minimum absolute atomic E-state index is 0.00162. The molecule has 0 bridgehead atoms. The van der Waals surface area contributed by atoms with Crippen molar-refractivity contribution in [2.75, 3.05) is 24.6 Å². The third-order valence-corrected chi connectivity index (χ3v) is 6.84. The van der Waals surface area contributed by atoms with E-state index in [2.05, 4.69) is 11.4 Å². The average molecular weight is 397 g/mol. The number of rotatable bonds is 6. The number of carbonyl (C=O) groups excluding carboxylic acids is 4. The summed E-state index contributed by atoms with van der Waals surface area (Å²) in [5, 5.41) is 2.51. The lowest BCUT2D eigenvalue weighted by Crippen LogP contribution is -2.45. The molecule has 148 valence electrons. The summed E-state index contributed by atoms with van der Waals surface area (Å²) in [6.07, 6.45) is 7.07. The van der Waals surface area contributed by atoms with Crippen LogP contribution in [0.4, 0.5) is 4.79 Å². The van der Waals surface area contributed by atoms with Crippen molar-refractivity contribution in [1.82, 2.24) is 15.1 Å². The number of carbonyl (C=O) groups is 4. The van der Waals surface area contributed by atoms with Crippen molar-refractivity contribution in [2.24, 2.45) is 0 Å². The first kappa shape index (κ1) is 19.5. The van der Waals surface area contributed by atoms with Crippen LogP contribution < -0.4 is 5.32 Å². The summed E-state index contributed by atoms with van der Waals surface area (Å²) in [6.45, 7) is -0.465. The molecule has 1 aliphatic carbocycles. The largest absolute Gasteiger partial charge is 0.351 e. The van der Waals surface area contributed by atoms with Gasteiger partial charge in [0.05, 0.1) is 11.5 Å². The average Bonchev–Trinajstić information content (AvgIpc) is 3.06. The maximum Gasteiger partial charge on any atom is 0.334 e. The highest BCUT2D eigenvalue weighted by molar-refractivity contribution is 7.91. The molecule has 5 amide bonds. The molecule has 0 saturated carbocycles. The molecule has 1 atom stereocenters. The highest BCUT2D eigenvalue weighted by atomic mass is 32.2. The van der Waals surface area contributed by atoms with Crippen LogP contribution in [0.3, 0.4) is 0 Å². The quantitative estimate of drug-likeness (QED) is 0.382. The molecule has 3 rings (SSSR count). The summed E-state index contributed by atoms with van der Waals surface area (Å²) in [5.41, 5.74) is 1.17. The van der Waals surface area contributed by atoms with Crippen molar-refractivity contribution in [1.29, 1.82) is 0 Å². The monoisotopic (exact) mass is 397 g/mol. The molecular formula is C17H23N3O6S. The third kappa shape index (κ3) is 4.55. The number of sulfone groups is 1. The lowest BCUT2D eigenvalue weighted by Gasteiger charge is -2.18. The fraction of sp³-hybridized carbons (Fsp3) is 0.647. The molecule has 0 aromatic carbocycles. The van der Waals surface area contributed by atoms with Crippen LogP contribution in [0, 0.1) is 0 Å². The molecule has 0 aromatic heterocycles. The molecule has 2 fully saturated rings. The Morgan fingerprint density at radius 2 is 1.89 bits per heavy atom. The van der Waals surface area contributed by atoms with E-state index in [1.807, 2.05) is 0 Å². The molecule has 1 N–H and O–H groups in total. The standard InChI is InChI=1S/C17H23N3O6S/c21-14(18-13-7-9-27(25,26)11-13)10-20-16(23)15(22)19(17(20)24)8-6-12-4-2-1-3-5-12/h4,13H,1-3,5-11H2,(H,18,21)/t13-/m1/s1. The maximum absolute atomic E-state index is 12.4. The number of urea groups is 1. The fourth-order valence-electron chi connectivity index (χ4n) is 3.60. The minimum atomic E-state index is -3.16.